The number of thioether (sulfide) groups is 1. The Morgan fingerprint density at radius 1 is 1.03 bits per heavy atom. The van der Waals surface area contributed by atoms with Crippen molar-refractivity contribution in [3.05, 3.63) is 35.9 Å². The lowest BCUT2D eigenvalue weighted by atomic mass is 10.1. The van der Waals surface area contributed by atoms with Gasteiger partial charge in [-0.25, -0.2) is 9.18 Å². The van der Waals surface area contributed by atoms with Crippen molar-refractivity contribution in [1.82, 2.24) is 30.3 Å². The normalized spacial score (nSPS) is 17.4. The third-order valence-corrected chi connectivity index (χ3v) is 6.80. The molecule has 2 heterocycles. The van der Waals surface area contributed by atoms with Gasteiger partial charge in [-0.05, 0) is 63.0 Å². The van der Waals surface area contributed by atoms with Crippen molar-refractivity contribution >= 4 is 23.7 Å². The van der Waals surface area contributed by atoms with Crippen LogP contribution in [0.5, 0.6) is 0 Å². The number of halogens is 1. The van der Waals surface area contributed by atoms with E-state index in [4.69, 9.17) is 0 Å². The van der Waals surface area contributed by atoms with Gasteiger partial charge in [0.25, 0.3) is 0 Å². The minimum Gasteiger partial charge on any atom is -0.335 e. The van der Waals surface area contributed by atoms with E-state index in [1.807, 2.05) is 4.57 Å². The van der Waals surface area contributed by atoms with Gasteiger partial charge in [0, 0.05) is 11.7 Å². The van der Waals surface area contributed by atoms with Crippen molar-refractivity contribution in [3.8, 4) is 5.69 Å². The van der Waals surface area contributed by atoms with Gasteiger partial charge in [-0.2, -0.15) is 0 Å². The Labute approximate surface area is 191 Å². The number of aromatic nitrogens is 3. The highest BCUT2D eigenvalue weighted by atomic mass is 32.2. The molecule has 8 nitrogen and oxygen atoms in total. The molecule has 1 aliphatic heterocycles. The smallest absolute Gasteiger partial charge is 0.321 e. The fourth-order valence-electron chi connectivity index (χ4n) is 4.25. The van der Waals surface area contributed by atoms with E-state index in [1.54, 1.807) is 12.1 Å². The summed E-state index contributed by atoms with van der Waals surface area (Å²) >= 11 is 1.21. The summed E-state index contributed by atoms with van der Waals surface area (Å²) in [6.45, 7) is 2.66. The summed E-state index contributed by atoms with van der Waals surface area (Å²) in [5.41, 5.74) is 0.741. The van der Waals surface area contributed by atoms with Crippen molar-refractivity contribution in [2.75, 3.05) is 18.8 Å². The topological polar surface area (TPSA) is 92.2 Å². The quantitative estimate of drug-likeness (QED) is 0.617. The van der Waals surface area contributed by atoms with Crippen LogP contribution in [0, 0.1) is 5.82 Å². The maximum atomic E-state index is 13.5. The van der Waals surface area contributed by atoms with Crippen LogP contribution in [-0.4, -0.2) is 56.5 Å². The summed E-state index contributed by atoms with van der Waals surface area (Å²) < 4.78 is 15.3. The van der Waals surface area contributed by atoms with E-state index in [1.165, 1.54) is 30.3 Å². The number of nitrogens with zero attached hydrogens (tertiary/aromatic N) is 4. The average Bonchev–Trinajstić information content (AvgIpc) is 3.43. The second-order valence-electron chi connectivity index (χ2n) is 8.34. The molecule has 1 saturated heterocycles. The van der Waals surface area contributed by atoms with Crippen LogP contribution in [0.25, 0.3) is 5.69 Å². The molecule has 2 aliphatic rings. The number of carbonyl (C=O) groups is 2. The molecule has 1 aromatic heterocycles. The summed E-state index contributed by atoms with van der Waals surface area (Å²) in [5.74, 6) is 0.0691. The summed E-state index contributed by atoms with van der Waals surface area (Å²) in [6, 6.07) is 5.85. The number of amides is 3. The zero-order valence-corrected chi connectivity index (χ0v) is 18.9. The van der Waals surface area contributed by atoms with Crippen LogP contribution in [0.3, 0.4) is 0 Å². The second-order valence-corrected chi connectivity index (χ2v) is 9.28. The summed E-state index contributed by atoms with van der Waals surface area (Å²) in [5, 5.41) is 14.4. The first-order chi connectivity index (χ1) is 15.6. The van der Waals surface area contributed by atoms with Gasteiger partial charge in [0.1, 0.15) is 5.82 Å². The fraction of sp³-hybridized carbons (Fsp3) is 0.545. The van der Waals surface area contributed by atoms with Crippen LogP contribution < -0.4 is 10.6 Å². The molecule has 2 N–H and O–H groups in total. The summed E-state index contributed by atoms with van der Waals surface area (Å²) in [4.78, 5) is 26.7. The monoisotopic (exact) mass is 460 g/mol. The molecule has 0 atom stereocenters. The molecule has 0 radical (unpaired) electrons. The molecule has 2 aromatic rings. The first kappa shape index (κ1) is 22.7. The lowest BCUT2D eigenvalue weighted by Gasteiger charge is -2.26. The molecular formula is C22H29FN6O2S. The van der Waals surface area contributed by atoms with Crippen molar-refractivity contribution in [2.24, 2.45) is 0 Å². The predicted molar refractivity (Wildman–Crippen MR) is 120 cm³/mol. The standard InChI is InChI=1S/C22H29FN6O2S/c23-16-8-10-18(11-9-16)29-19(14-28-12-4-1-5-13-28)26-27-22(29)32-15-20(30)25-21(31)24-17-6-2-3-7-17/h8-11,17H,1-7,12-15H2,(H2,24,25,30,31). The van der Waals surface area contributed by atoms with E-state index in [-0.39, 0.29) is 17.6 Å². The molecule has 3 amide bonds. The van der Waals surface area contributed by atoms with Gasteiger partial charge in [0.15, 0.2) is 11.0 Å². The summed E-state index contributed by atoms with van der Waals surface area (Å²) in [6.07, 6.45) is 7.69. The van der Waals surface area contributed by atoms with E-state index in [2.05, 4.69) is 25.7 Å². The van der Waals surface area contributed by atoms with Gasteiger partial charge in [0.2, 0.25) is 5.91 Å². The van der Waals surface area contributed by atoms with Crippen LogP contribution in [0.4, 0.5) is 9.18 Å². The summed E-state index contributed by atoms with van der Waals surface area (Å²) in [7, 11) is 0. The number of imide groups is 1. The van der Waals surface area contributed by atoms with Gasteiger partial charge in [-0.1, -0.05) is 31.0 Å². The van der Waals surface area contributed by atoms with Crippen LogP contribution in [0.2, 0.25) is 0 Å². The van der Waals surface area contributed by atoms with Gasteiger partial charge in [-0.15, -0.1) is 10.2 Å². The highest BCUT2D eigenvalue weighted by Crippen LogP contribution is 2.24. The number of urea groups is 1. The third-order valence-electron chi connectivity index (χ3n) is 5.87. The largest absolute Gasteiger partial charge is 0.335 e. The number of benzene rings is 1. The molecule has 10 heteroatoms. The van der Waals surface area contributed by atoms with E-state index in [0.29, 0.717) is 11.7 Å². The molecule has 1 aromatic carbocycles. The number of nitrogens with one attached hydrogen (secondary N) is 2. The number of carbonyl (C=O) groups excluding carboxylic acids is 2. The number of hydrogen-bond donors (Lipinski definition) is 2. The molecule has 4 rings (SSSR count). The Morgan fingerprint density at radius 2 is 1.75 bits per heavy atom. The number of piperidine rings is 1. The maximum absolute atomic E-state index is 13.5. The minimum atomic E-state index is -0.451. The van der Waals surface area contributed by atoms with Gasteiger partial charge in [0.05, 0.1) is 12.3 Å². The number of hydrogen-bond acceptors (Lipinski definition) is 6. The highest BCUT2D eigenvalue weighted by Gasteiger charge is 2.21. The fourth-order valence-corrected chi connectivity index (χ4v) is 5.02. The Kier molecular flexibility index (Phi) is 7.75. The Bertz CT molecular complexity index is 923. The lowest BCUT2D eigenvalue weighted by Crippen LogP contribution is -2.44. The van der Waals surface area contributed by atoms with Crippen LogP contribution in [-0.2, 0) is 11.3 Å². The SMILES string of the molecule is O=C(CSc1nnc(CN2CCCCC2)n1-c1ccc(F)cc1)NC(=O)NC1CCCC1. The highest BCUT2D eigenvalue weighted by molar-refractivity contribution is 7.99. The molecule has 1 saturated carbocycles. The molecule has 172 valence electrons. The van der Waals surface area contributed by atoms with Gasteiger partial charge < -0.3 is 5.32 Å². The molecule has 0 spiro atoms. The Hall–Kier alpha value is -2.46. The zero-order valence-electron chi connectivity index (χ0n) is 18.1. The van der Waals surface area contributed by atoms with Gasteiger partial charge >= 0.3 is 6.03 Å². The van der Waals surface area contributed by atoms with Crippen molar-refractivity contribution < 1.29 is 14.0 Å². The average molecular weight is 461 g/mol. The van der Waals surface area contributed by atoms with E-state index in [9.17, 15) is 14.0 Å². The lowest BCUT2D eigenvalue weighted by molar-refractivity contribution is -0.117. The van der Waals surface area contributed by atoms with E-state index in [0.717, 1.165) is 63.1 Å². The number of likely N-dealkylation sites (tertiary alicyclic amines) is 1. The number of rotatable bonds is 7. The molecule has 2 fully saturated rings. The van der Waals surface area contributed by atoms with Crippen LogP contribution in [0.1, 0.15) is 50.8 Å². The maximum Gasteiger partial charge on any atom is 0.321 e. The van der Waals surface area contributed by atoms with Crippen molar-refractivity contribution in [1.29, 1.82) is 0 Å². The minimum absolute atomic E-state index is 0.0289. The molecule has 32 heavy (non-hydrogen) atoms. The zero-order chi connectivity index (χ0) is 22.3. The van der Waals surface area contributed by atoms with Crippen molar-refractivity contribution in [2.45, 2.75) is 62.7 Å². The van der Waals surface area contributed by atoms with E-state index >= 15 is 0 Å². The molecule has 1 aliphatic carbocycles. The molecule has 0 unspecified atom stereocenters. The molecular weight excluding hydrogens is 431 g/mol. The Morgan fingerprint density at radius 3 is 2.47 bits per heavy atom. The third kappa shape index (κ3) is 6.07. The van der Waals surface area contributed by atoms with Crippen LogP contribution >= 0.6 is 11.8 Å². The van der Waals surface area contributed by atoms with Crippen LogP contribution in [0.15, 0.2) is 29.4 Å². The van der Waals surface area contributed by atoms with Crippen molar-refractivity contribution in [3.63, 3.8) is 0 Å². The molecule has 0 bridgehead atoms. The van der Waals surface area contributed by atoms with Gasteiger partial charge in [-0.3, -0.25) is 19.6 Å². The predicted octanol–water partition coefficient (Wildman–Crippen LogP) is 3.25. The Balaban J connectivity index is 1.42. The first-order valence-corrected chi connectivity index (χ1v) is 12.2. The van der Waals surface area contributed by atoms with E-state index < -0.39 is 11.9 Å². The first-order valence-electron chi connectivity index (χ1n) is 11.2. The second kappa shape index (κ2) is 10.9.